The van der Waals surface area contributed by atoms with E-state index in [1.165, 1.54) is 18.3 Å². The molecule has 0 saturated heterocycles. The predicted octanol–water partition coefficient (Wildman–Crippen LogP) is -2.14. The second kappa shape index (κ2) is 3.33. The van der Waals surface area contributed by atoms with E-state index < -0.39 is 13.0 Å². The minimum absolute atomic E-state index is 0.0967. The summed E-state index contributed by atoms with van der Waals surface area (Å²) < 4.78 is 0. The van der Waals surface area contributed by atoms with Gasteiger partial charge in [0.05, 0.1) is 0 Å². The first kappa shape index (κ1) is 8.70. The first-order chi connectivity index (χ1) is 5.61. The van der Waals surface area contributed by atoms with Gasteiger partial charge in [-0.1, -0.05) is 6.07 Å². The van der Waals surface area contributed by atoms with Crippen LogP contribution in [0.15, 0.2) is 18.3 Å². The van der Waals surface area contributed by atoms with Crippen LogP contribution in [0.5, 0.6) is 0 Å². The van der Waals surface area contributed by atoms with Crippen LogP contribution in [0.2, 0.25) is 0 Å². The Hall–Kier alpha value is -1.40. The fourth-order valence-electron chi connectivity index (χ4n) is 0.704. The van der Waals surface area contributed by atoms with Crippen LogP contribution in [0, 0.1) is 0 Å². The monoisotopic (exact) mass is 166 g/mol. The molecule has 62 valence electrons. The normalized spacial score (nSPS) is 9.50. The van der Waals surface area contributed by atoms with Crippen LogP contribution >= 0.6 is 0 Å². The molecule has 0 unspecified atom stereocenters. The van der Waals surface area contributed by atoms with E-state index in [1.807, 2.05) is 0 Å². The van der Waals surface area contributed by atoms with E-state index in [0.29, 0.717) is 0 Å². The Kier molecular flexibility index (Phi) is 2.42. The van der Waals surface area contributed by atoms with Crippen molar-refractivity contribution >= 4 is 18.5 Å². The lowest BCUT2D eigenvalue weighted by Crippen LogP contribution is -2.30. The summed E-state index contributed by atoms with van der Waals surface area (Å²) in [4.78, 5) is 14.1. The molecular formula is C6H7BN2O3. The Morgan fingerprint density at radius 3 is 2.50 bits per heavy atom. The third kappa shape index (κ3) is 1.80. The van der Waals surface area contributed by atoms with Gasteiger partial charge in [-0.25, -0.2) is 0 Å². The summed E-state index contributed by atoms with van der Waals surface area (Å²) in [7, 11) is -1.57. The zero-order valence-corrected chi connectivity index (χ0v) is 6.14. The summed E-state index contributed by atoms with van der Waals surface area (Å²) in [6.45, 7) is 0. The number of carbonyl (C=O) groups is 1. The van der Waals surface area contributed by atoms with E-state index in [-0.39, 0.29) is 11.2 Å². The topological polar surface area (TPSA) is 96.4 Å². The minimum atomic E-state index is -1.57. The van der Waals surface area contributed by atoms with Gasteiger partial charge in [-0.3, -0.25) is 9.78 Å². The lowest BCUT2D eigenvalue weighted by atomic mass is 9.82. The van der Waals surface area contributed by atoms with Gasteiger partial charge in [-0.05, 0) is 6.07 Å². The maximum absolute atomic E-state index is 10.5. The van der Waals surface area contributed by atoms with Crippen molar-refractivity contribution in [3.05, 3.63) is 24.0 Å². The zero-order valence-electron chi connectivity index (χ0n) is 6.14. The summed E-state index contributed by atoms with van der Waals surface area (Å²) in [5.41, 5.74) is 5.23. The molecule has 0 aliphatic carbocycles. The molecule has 5 nitrogen and oxygen atoms in total. The van der Waals surface area contributed by atoms with E-state index >= 15 is 0 Å². The second-order valence-electron chi connectivity index (χ2n) is 2.21. The van der Waals surface area contributed by atoms with Crippen molar-refractivity contribution in [1.29, 1.82) is 0 Å². The average Bonchev–Trinajstić information content (AvgIpc) is 2.04. The van der Waals surface area contributed by atoms with Crippen LogP contribution < -0.4 is 11.2 Å². The van der Waals surface area contributed by atoms with Crippen molar-refractivity contribution in [3.63, 3.8) is 0 Å². The number of aromatic nitrogens is 1. The zero-order chi connectivity index (χ0) is 9.14. The van der Waals surface area contributed by atoms with Crippen LogP contribution in [0.1, 0.15) is 10.5 Å². The minimum Gasteiger partial charge on any atom is -0.423 e. The number of nitrogens with two attached hydrogens (primary N) is 1. The van der Waals surface area contributed by atoms with Gasteiger partial charge in [0.15, 0.2) is 0 Å². The molecule has 1 rings (SSSR count). The molecule has 0 aromatic carbocycles. The maximum Gasteiger partial charge on any atom is 0.490 e. The van der Waals surface area contributed by atoms with Crippen LogP contribution in [-0.2, 0) is 0 Å². The fraction of sp³-hybridized carbons (Fsp3) is 0. The van der Waals surface area contributed by atoms with Gasteiger partial charge in [0, 0.05) is 11.7 Å². The molecule has 1 heterocycles. The number of carbonyl (C=O) groups excluding carboxylic acids is 1. The van der Waals surface area contributed by atoms with E-state index in [0.717, 1.165) is 0 Å². The number of hydrogen-bond donors (Lipinski definition) is 3. The van der Waals surface area contributed by atoms with Crippen LogP contribution in [0.4, 0.5) is 0 Å². The highest BCUT2D eigenvalue weighted by molar-refractivity contribution is 6.58. The summed E-state index contributed by atoms with van der Waals surface area (Å²) in [6, 6.07) is 2.70. The molecule has 4 N–H and O–H groups in total. The lowest BCUT2D eigenvalue weighted by molar-refractivity contribution is 0.0995. The van der Waals surface area contributed by atoms with Gasteiger partial charge >= 0.3 is 7.12 Å². The molecule has 1 aromatic heterocycles. The first-order valence-corrected chi connectivity index (χ1v) is 3.23. The summed E-state index contributed by atoms with van der Waals surface area (Å²) in [5, 5.41) is 17.3. The summed E-state index contributed by atoms with van der Waals surface area (Å²) in [5.74, 6) is -0.644. The van der Waals surface area contributed by atoms with E-state index in [9.17, 15) is 4.79 Å². The van der Waals surface area contributed by atoms with Crippen LogP contribution in [0.25, 0.3) is 0 Å². The molecule has 12 heavy (non-hydrogen) atoms. The number of pyridine rings is 1. The predicted molar refractivity (Wildman–Crippen MR) is 42.6 cm³/mol. The fourth-order valence-corrected chi connectivity index (χ4v) is 0.704. The highest BCUT2D eigenvalue weighted by Gasteiger charge is 2.11. The number of rotatable bonds is 2. The van der Waals surface area contributed by atoms with Gasteiger partial charge in [0.25, 0.3) is 5.91 Å². The third-order valence-electron chi connectivity index (χ3n) is 1.34. The van der Waals surface area contributed by atoms with Crippen molar-refractivity contribution in [1.82, 2.24) is 4.98 Å². The third-order valence-corrected chi connectivity index (χ3v) is 1.34. The molecule has 0 spiro atoms. The van der Waals surface area contributed by atoms with Gasteiger partial charge in [0.2, 0.25) is 0 Å². The molecule has 0 saturated carbocycles. The molecule has 0 aliphatic rings. The van der Waals surface area contributed by atoms with Gasteiger partial charge in [-0.15, -0.1) is 0 Å². The Morgan fingerprint density at radius 2 is 2.17 bits per heavy atom. The van der Waals surface area contributed by atoms with Crippen molar-refractivity contribution in [2.45, 2.75) is 0 Å². The smallest absolute Gasteiger partial charge is 0.423 e. The standard InChI is InChI=1S/C6H7BN2O3/c8-6(10)5-2-1-4(3-9-5)7(11)12/h1-3,11-12H,(H2,8,10). The van der Waals surface area contributed by atoms with E-state index in [1.54, 1.807) is 0 Å². The lowest BCUT2D eigenvalue weighted by Gasteiger charge is -1.98. The Morgan fingerprint density at radius 1 is 1.50 bits per heavy atom. The van der Waals surface area contributed by atoms with Gasteiger partial charge in [0.1, 0.15) is 5.69 Å². The second-order valence-corrected chi connectivity index (χ2v) is 2.21. The molecule has 0 aliphatic heterocycles. The van der Waals surface area contributed by atoms with Crippen LogP contribution in [0.3, 0.4) is 0 Å². The van der Waals surface area contributed by atoms with E-state index in [4.69, 9.17) is 15.8 Å². The highest BCUT2D eigenvalue weighted by Crippen LogP contribution is 1.89. The molecule has 0 bridgehead atoms. The molecular weight excluding hydrogens is 159 g/mol. The molecule has 0 radical (unpaired) electrons. The summed E-state index contributed by atoms with van der Waals surface area (Å²) in [6.07, 6.45) is 1.19. The van der Waals surface area contributed by atoms with Crippen molar-refractivity contribution in [2.75, 3.05) is 0 Å². The van der Waals surface area contributed by atoms with Crippen LogP contribution in [-0.4, -0.2) is 28.1 Å². The van der Waals surface area contributed by atoms with Gasteiger partial charge < -0.3 is 15.8 Å². The van der Waals surface area contributed by atoms with Crippen molar-refractivity contribution in [2.24, 2.45) is 5.73 Å². The van der Waals surface area contributed by atoms with E-state index in [2.05, 4.69) is 4.98 Å². The molecule has 6 heteroatoms. The molecule has 0 fully saturated rings. The summed E-state index contributed by atoms with van der Waals surface area (Å²) >= 11 is 0. The quantitative estimate of drug-likeness (QED) is 0.436. The maximum atomic E-state index is 10.5. The molecule has 0 atom stereocenters. The number of primary amides is 1. The Balaban J connectivity index is 2.93. The first-order valence-electron chi connectivity index (χ1n) is 3.23. The van der Waals surface area contributed by atoms with Crippen molar-refractivity contribution < 1.29 is 14.8 Å². The SMILES string of the molecule is NC(=O)c1ccc(B(O)O)cn1. The molecule has 1 amide bonds. The average molecular weight is 166 g/mol. The Labute approximate surface area is 69.0 Å². The molecule has 1 aromatic rings. The highest BCUT2D eigenvalue weighted by atomic mass is 16.4. The number of amides is 1. The Bertz CT molecular complexity index is 285. The number of nitrogens with zero attached hydrogens (tertiary/aromatic N) is 1. The largest absolute Gasteiger partial charge is 0.490 e. The van der Waals surface area contributed by atoms with Gasteiger partial charge in [-0.2, -0.15) is 0 Å². The van der Waals surface area contributed by atoms with Crippen molar-refractivity contribution in [3.8, 4) is 0 Å². The number of hydrogen-bond acceptors (Lipinski definition) is 4.